The van der Waals surface area contributed by atoms with E-state index in [2.05, 4.69) is 96.2 Å². The first-order chi connectivity index (χ1) is 34.5. The number of aromatic nitrogens is 1. The minimum absolute atomic E-state index is 0.0193. The fraction of sp³-hybridized carbons (Fsp3) is 0.379. The van der Waals surface area contributed by atoms with Gasteiger partial charge in [-0.2, -0.15) is 0 Å². The van der Waals surface area contributed by atoms with Crippen molar-refractivity contribution in [3.05, 3.63) is 166 Å². The first-order valence-electron chi connectivity index (χ1n) is 25.3. The number of hydrogen-bond donors (Lipinski definition) is 6. The number of H-pyrrole nitrogens is 1. The standard InChI is InChI=1S/C58H72N6O7Si/c1-40(60-39-52(71-72(5,6)58(2,3)4)48-23-25-51(65)56-49(48)24-26-54(67)63-56)35-44-14-12-13-41(36-44)27-31-59-55(68)37-42-19-21-43(22-20-42)38-61-53(66)30-34-64-32-28-46(29-33-64)70-57(69)62-50-18-11-10-17-47(50)45-15-8-7-9-16-45/h7-26,36,40,46,52,60,65H,27-35,37-39H2,1-6H3,(H,59,68)(H,61,66)(H,62,69)(H,63,67). The molecule has 0 spiro atoms. The monoisotopic (exact) mass is 993 g/mol. The summed E-state index contributed by atoms with van der Waals surface area (Å²) in [6.45, 7) is 16.9. The van der Waals surface area contributed by atoms with Crippen LogP contribution in [-0.4, -0.2) is 86.1 Å². The van der Waals surface area contributed by atoms with Gasteiger partial charge in [-0.25, -0.2) is 4.79 Å². The molecule has 1 fully saturated rings. The summed E-state index contributed by atoms with van der Waals surface area (Å²) in [6.07, 6.45) is 2.61. The second kappa shape index (κ2) is 24.7. The Balaban J connectivity index is 0.784. The summed E-state index contributed by atoms with van der Waals surface area (Å²) in [6, 6.07) is 40.8. The zero-order chi connectivity index (χ0) is 51.3. The van der Waals surface area contributed by atoms with E-state index in [0.717, 1.165) is 58.3 Å². The van der Waals surface area contributed by atoms with Crippen molar-refractivity contribution >= 4 is 42.8 Å². The Morgan fingerprint density at radius 1 is 0.806 bits per heavy atom. The van der Waals surface area contributed by atoms with Gasteiger partial charge in [0.15, 0.2) is 8.32 Å². The Bertz CT molecular complexity index is 2820. The molecule has 7 rings (SSSR count). The number of ether oxygens (including phenoxy) is 1. The first kappa shape index (κ1) is 53.2. The molecular weight excluding hydrogens is 921 g/mol. The molecule has 2 heterocycles. The molecule has 1 aromatic heterocycles. The van der Waals surface area contributed by atoms with Crippen LogP contribution in [0.2, 0.25) is 18.1 Å². The van der Waals surface area contributed by atoms with E-state index in [1.807, 2.05) is 84.9 Å². The number of fused-ring (bicyclic) bond motifs is 1. The first-order valence-corrected chi connectivity index (χ1v) is 28.2. The van der Waals surface area contributed by atoms with E-state index in [9.17, 15) is 24.3 Å². The van der Waals surface area contributed by atoms with Crippen molar-refractivity contribution < 1.29 is 28.7 Å². The highest BCUT2D eigenvalue weighted by atomic mass is 28.4. The van der Waals surface area contributed by atoms with Gasteiger partial charge in [-0.05, 0) is 102 Å². The molecular formula is C58H72N6O7Si. The molecule has 3 amide bonds. The van der Waals surface area contributed by atoms with Crippen LogP contribution in [-0.2, 0) is 44.6 Å². The SMILES string of the molecule is CC(Cc1cccc(CCNC(=O)Cc2ccc(CNC(=O)CCN3CCC(OC(=O)Nc4ccccc4-c4ccccc4)CC3)cc2)c1)NCC(O[Si](C)(C)C(C)(C)C)c1ccc(O)c2[nH]c(=O)ccc12. The van der Waals surface area contributed by atoms with Gasteiger partial charge in [-0.1, -0.05) is 124 Å². The molecule has 6 aromatic rings. The third-order valence-corrected chi connectivity index (χ3v) is 18.5. The Morgan fingerprint density at radius 3 is 2.26 bits per heavy atom. The van der Waals surface area contributed by atoms with Crippen molar-refractivity contribution in [2.75, 3.05) is 38.0 Å². The number of aromatic amines is 1. The fourth-order valence-electron chi connectivity index (χ4n) is 8.85. The number of amides is 3. The summed E-state index contributed by atoms with van der Waals surface area (Å²) in [5.41, 5.74) is 7.92. The number of carbonyl (C=O) groups excluding carboxylic acids is 3. The van der Waals surface area contributed by atoms with Crippen molar-refractivity contribution in [1.29, 1.82) is 0 Å². The summed E-state index contributed by atoms with van der Waals surface area (Å²) >= 11 is 0. The number of nitrogens with zero attached hydrogens (tertiary/aromatic N) is 1. The maximum Gasteiger partial charge on any atom is 0.411 e. The number of carbonyl (C=O) groups is 3. The van der Waals surface area contributed by atoms with E-state index in [4.69, 9.17) is 9.16 Å². The quantitative estimate of drug-likeness (QED) is 0.0384. The predicted octanol–water partition coefficient (Wildman–Crippen LogP) is 9.81. The van der Waals surface area contributed by atoms with Gasteiger partial charge in [0.2, 0.25) is 17.4 Å². The van der Waals surface area contributed by atoms with E-state index < -0.39 is 14.4 Å². The second-order valence-electron chi connectivity index (χ2n) is 20.6. The molecule has 14 heteroatoms. The van der Waals surface area contributed by atoms with Crippen LogP contribution in [0, 0.1) is 0 Å². The van der Waals surface area contributed by atoms with E-state index >= 15 is 0 Å². The number of rotatable bonds is 21. The van der Waals surface area contributed by atoms with Crippen LogP contribution in [0.25, 0.3) is 22.0 Å². The van der Waals surface area contributed by atoms with Crippen molar-refractivity contribution in [1.82, 2.24) is 25.8 Å². The number of piperidine rings is 1. The third-order valence-electron chi connectivity index (χ3n) is 14.0. The molecule has 2 unspecified atom stereocenters. The van der Waals surface area contributed by atoms with Crippen molar-refractivity contribution in [3.63, 3.8) is 0 Å². The van der Waals surface area contributed by atoms with Gasteiger partial charge in [0.05, 0.1) is 23.7 Å². The van der Waals surface area contributed by atoms with Crippen LogP contribution in [0.4, 0.5) is 10.5 Å². The van der Waals surface area contributed by atoms with Gasteiger partial charge < -0.3 is 40.1 Å². The molecule has 2 atom stereocenters. The van der Waals surface area contributed by atoms with Gasteiger partial charge in [0.25, 0.3) is 0 Å². The lowest BCUT2D eigenvalue weighted by atomic mass is 10.0. The number of para-hydroxylation sites is 1. The minimum atomic E-state index is -2.22. The Hall–Kier alpha value is -6.58. The number of pyridine rings is 1. The molecule has 13 nitrogen and oxygen atoms in total. The van der Waals surface area contributed by atoms with Crippen LogP contribution in [0.15, 0.2) is 132 Å². The molecule has 0 bridgehead atoms. The third kappa shape index (κ3) is 15.2. The molecule has 1 saturated heterocycles. The van der Waals surface area contributed by atoms with Crippen LogP contribution < -0.4 is 26.8 Å². The average molecular weight is 993 g/mol. The van der Waals surface area contributed by atoms with Crippen molar-refractivity contribution in [2.24, 2.45) is 0 Å². The lowest BCUT2D eigenvalue weighted by molar-refractivity contribution is -0.122. The van der Waals surface area contributed by atoms with E-state index in [1.54, 1.807) is 12.1 Å². The molecule has 5 aromatic carbocycles. The van der Waals surface area contributed by atoms with Gasteiger partial charge in [-0.3, -0.25) is 19.7 Å². The number of nitrogens with one attached hydrogen (secondary N) is 5. The highest BCUT2D eigenvalue weighted by Gasteiger charge is 2.40. The topological polar surface area (TPSA) is 174 Å². The summed E-state index contributed by atoms with van der Waals surface area (Å²) in [5.74, 6) is -0.0425. The number of anilines is 1. The van der Waals surface area contributed by atoms with Gasteiger partial charge >= 0.3 is 6.09 Å². The molecule has 0 radical (unpaired) electrons. The maximum atomic E-state index is 12.9. The van der Waals surface area contributed by atoms with Crippen LogP contribution in [0.3, 0.4) is 0 Å². The number of benzene rings is 5. The Kier molecular flexibility index (Phi) is 18.3. The summed E-state index contributed by atoms with van der Waals surface area (Å²) < 4.78 is 12.8. The van der Waals surface area contributed by atoms with Crippen molar-refractivity contribution in [3.8, 4) is 16.9 Å². The second-order valence-corrected chi connectivity index (χ2v) is 25.3. The number of phenols is 1. The van der Waals surface area contributed by atoms with Crippen molar-refractivity contribution in [2.45, 2.75) is 109 Å². The number of hydrogen-bond acceptors (Lipinski definition) is 9. The molecule has 1 aliphatic heterocycles. The van der Waals surface area contributed by atoms with Crippen LogP contribution in [0.5, 0.6) is 5.75 Å². The molecule has 0 aliphatic carbocycles. The van der Waals surface area contributed by atoms with Gasteiger partial charge in [0, 0.05) is 68.7 Å². The zero-order valence-corrected chi connectivity index (χ0v) is 43.7. The molecule has 72 heavy (non-hydrogen) atoms. The summed E-state index contributed by atoms with van der Waals surface area (Å²) in [7, 11) is -2.22. The lowest BCUT2D eigenvalue weighted by Crippen LogP contribution is -2.44. The van der Waals surface area contributed by atoms with E-state index in [0.29, 0.717) is 63.1 Å². The number of aromatic hydroxyl groups is 1. The fourth-order valence-corrected chi connectivity index (χ4v) is 10.1. The summed E-state index contributed by atoms with van der Waals surface area (Å²) in [4.78, 5) is 55.7. The number of phenolic OH excluding ortho intramolecular Hbond substituents is 1. The normalized spacial score (nSPS) is 14.4. The maximum absolute atomic E-state index is 12.9. The van der Waals surface area contributed by atoms with Gasteiger partial charge in [-0.15, -0.1) is 0 Å². The Labute approximate surface area is 425 Å². The average Bonchev–Trinajstić information content (AvgIpc) is 3.35. The Morgan fingerprint density at radius 2 is 1.51 bits per heavy atom. The molecule has 1 aliphatic rings. The van der Waals surface area contributed by atoms with Crippen LogP contribution >= 0.6 is 0 Å². The molecule has 6 N–H and O–H groups in total. The molecule has 0 saturated carbocycles. The highest BCUT2D eigenvalue weighted by Crippen LogP contribution is 2.41. The largest absolute Gasteiger partial charge is 0.506 e. The van der Waals surface area contributed by atoms with Gasteiger partial charge in [0.1, 0.15) is 11.9 Å². The summed E-state index contributed by atoms with van der Waals surface area (Å²) in [5, 5.41) is 24.1. The molecule has 380 valence electrons. The number of likely N-dealkylation sites (tertiary alicyclic amines) is 1. The minimum Gasteiger partial charge on any atom is -0.506 e. The van der Waals surface area contributed by atoms with Crippen LogP contribution in [0.1, 0.15) is 80.9 Å². The zero-order valence-electron chi connectivity index (χ0n) is 42.7. The highest BCUT2D eigenvalue weighted by molar-refractivity contribution is 6.74. The van der Waals surface area contributed by atoms with E-state index in [-0.39, 0.29) is 52.8 Å². The lowest BCUT2D eigenvalue weighted by Gasteiger charge is -2.40. The predicted molar refractivity (Wildman–Crippen MR) is 290 cm³/mol. The van der Waals surface area contributed by atoms with E-state index in [1.165, 1.54) is 11.6 Å². The smallest absolute Gasteiger partial charge is 0.411 e.